The second-order valence-corrected chi connectivity index (χ2v) is 3.94. The van der Waals surface area contributed by atoms with E-state index in [1.165, 1.54) is 6.20 Å². The second kappa shape index (κ2) is 6.45. The van der Waals surface area contributed by atoms with Gasteiger partial charge in [-0.1, -0.05) is 11.6 Å². The normalized spacial score (nSPS) is 10.2. The van der Waals surface area contributed by atoms with Crippen molar-refractivity contribution in [3.8, 4) is 0 Å². The molecule has 16 heavy (non-hydrogen) atoms. The Balaban J connectivity index is 2.53. The highest BCUT2D eigenvalue weighted by molar-refractivity contribution is 6.29. The van der Waals surface area contributed by atoms with Crippen molar-refractivity contribution in [2.24, 2.45) is 0 Å². The van der Waals surface area contributed by atoms with Gasteiger partial charge in [-0.15, -0.1) is 0 Å². The van der Waals surface area contributed by atoms with Gasteiger partial charge < -0.3 is 10.2 Å². The van der Waals surface area contributed by atoms with Gasteiger partial charge in [-0.05, 0) is 32.1 Å². The van der Waals surface area contributed by atoms with Gasteiger partial charge in [0.05, 0.1) is 5.56 Å². The SMILES string of the molecule is CNCCCN(C)C(=O)c1ccc(Cl)nc1. The largest absolute Gasteiger partial charge is 0.342 e. The third-order valence-electron chi connectivity index (χ3n) is 2.24. The topological polar surface area (TPSA) is 45.2 Å². The number of rotatable bonds is 5. The molecule has 1 aromatic heterocycles. The number of nitrogens with one attached hydrogen (secondary N) is 1. The average molecular weight is 242 g/mol. The Bertz CT molecular complexity index is 340. The van der Waals surface area contributed by atoms with Crippen LogP contribution < -0.4 is 5.32 Å². The Hall–Kier alpha value is -1.13. The summed E-state index contributed by atoms with van der Waals surface area (Å²) in [5, 5.41) is 3.44. The molecule has 0 radical (unpaired) electrons. The summed E-state index contributed by atoms with van der Waals surface area (Å²) in [7, 11) is 3.68. The minimum Gasteiger partial charge on any atom is -0.342 e. The maximum atomic E-state index is 11.9. The van der Waals surface area contributed by atoms with Gasteiger partial charge in [0.25, 0.3) is 5.91 Å². The highest BCUT2D eigenvalue weighted by Gasteiger charge is 2.11. The molecule has 0 aromatic carbocycles. The summed E-state index contributed by atoms with van der Waals surface area (Å²) in [5.74, 6) is -0.0275. The number of aromatic nitrogens is 1. The van der Waals surface area contributed by atoms with E-state index in [0.29, 0.717) is 10.7 Å². The van der Waals surface area contributed by atoms with Crippen molar-refractivity contribution in [1.29, 1.82) is 0 Å². The van der Waals surface area contributed by atoms with Crippen LogP contribution in [0, 0.1) is 0 Å². The number of nitrogens with zero attached hydrogens (tertiary/aromatic N) is 2. The first-order valence-corrected chi connectivity index (χ1v) is 5.54. The predicted molar refractivity (Wildman–Crippen MR) is 64.8 cm³/mol. The zero-order valence-electron chi connectivity index (χ0n) is 9.53. The average Bonchev–Trinajstić information content (AvgIpc) is 2.29. The fourth-order valence-electron chi connectivity index (χ4n) is 1.32. The minimum absolute atomic E-state index is 0.0275. The number of carbonyl (C=O) groups excluding carboxylic acids is 1. The second-order valence-electron chi connectivity index (χ2n) is 3.55. The van der Waals surface area contributed by atoms with Crippen molar-refractivity contribution >= 4 is 17.5 Å². The zero-order valence-corrected chi connectivity index (χ0v) is 10.3. The van der Waals surface area contributed by atoms with Crippen LogP contribution >= 0.6 is 11.6 Å². The van der Waals surface area contributed by atoms with Crippen molar-refractivity contribution in [2.45, 2.75) is 6.42 Å². The lowest BCUT2D eigenvalue weighted by molar-refractivity contribution is 0.0793. The third kappa shape index (κ3) is 3.79. The van der Waals surface area contributed by atoms with E-state index in [0.717, 1.165) is 19.5 Å². The lowest BCUT2D eigenvalue weighted by Crippen LogP contribution is -2.29. The summed E-state index contributed by atoms with van der Waals surface area (Å²) in [6.07, 6.45) is 2.43. The van der Waals surface area contributed by atoms with Crippen LogP contribution in [0.15, 0.2) is 18.3 Å². The Morgan fingerprint density at radius 2 is 2.31 bits per heavy atom. The van der Waals surface area contributed by atoms with Gasteiger partial charge in [0.15, 0.2) is 0 Å². The molecular weight excluding hydrogens is 226 g/mol. The molecule has 1 N–H and O–H groups in total. The van der Waals surface area contributed by atoms with E-state index in [4.69, 9.17) is 11.6 Å². The van der Waals surface area contributed by atoms with Crippen LogP contribution in [0.2, 0.25) is 5.15 Å². The van der Waals surface area contributed by atoms with Crippen LogP contribution in [0.1, 0.15) is 16.8 Å². The molecule has 1 heterocycles. The van der Waals surface area contributed by atoms with Crippen molar-refractivity contribution < 1.29 is 4.79 Å². The smallest absolute Gasteiger partial charge is 0.255 e. The van der Waals surface area contributed by atoms with Gasteiger partial charge in [0.1, 0.15) is 5.15 Å². The predicted octanol–water partition coefficient (Wildman–Crippen LogP) is 1.42. The molecule has 1 amide bonds. The van der Waals surface area contributed by atoms with Crippen LogP contribution in [-0.2, 0) is 0 Å². The number of hydrogen-bond donors (Lipinski definition) is 1. The minimum atomic E-state index is -0.0275. The van der Waals surface area contributed by atoms with Gasteiger partial charge in [0, 0.05) is 19.8 Å². The number of amides is 1. The Morgan fingerprint density at radius 1 is 1.56 bits per heavy atom. The van der Waals surface area contributed by atoms with Crippen molar-refractivity contribution in [2.75, 3.05) is 27.2 Å². The van der Waals surface area contributed by atoms with E-state index in [-0.39, 0.29) is 5.91 Å². The fourth-order valence-corrected chi connectivity index (χ4v) is 1.43. The van der Waals surface area contributed by atoms with Gasteiger partial charge in [-0.25, -0.2) is 4.98 Å². The lowest BCUT2D eigenvalue weighted by atomic mass is 10.2. The van der Waals surface area contributed by atoms with E-state index in [1.54, 1.807) is 24.1 Å². The van der Waals surface area contributed by atoms with Gasteiger partial charge in [-0.2, -0.15) is 0 Å². The number of halogens is 1. The molecule has 0 bridgehead atoms. The van der Waals surface area contributed by atoms with Crippen molar-refractivity contribution in [1.82, 2.24) is 15.2 Å². The summed E-state index contributed by atoms with van der Waals surface area (Å²) < 4.78 is 0. The Kier molecular flexibility index (Phi) is 5.22. The van der Waals surface area contributed by atoms with E-state index < -0.39 is 0 Å². The van der Waals surface area contributed by atoms with Crippen LogP contribution in [0.3, 0.4) is 0 Å². The summed E-state index contributed by atoms with van der Waals surface area (Å²) in [6, 6.07) is 3.31. The molecule has 0 aliphatic carbocycles. The molecule has 0 fully saturated rings. The van der Waals surface area contributed by atoms with Crippen LogP contribution in [-0.4, -0.2) is 43.0 Å². The summed E-state index contributed by atoms with van der Waals surface area (Å²) >= 11 is 5.65. The highest BCUT2D eigenvalue weighted by Crippen LogP contribution is 2.07. The molecule has 1 rings (SSSR count). The van der Waals surface area contributed by atoms with E-state index >= 15 is 0 Å². The van der Waals surface area contributed by atoms with Crippen LogP contribution in [0.25, 0.3) is 0 Å². The number of carbonyl (C=O) groups is 1. The van der Waals surface area contributed by atoms with E-state index in [9.17, 15) is 4.79 Å². The highest BCUT2D eigenvalue weighted by atomic mass is 35.5. The molecule has 0 atom stereocenters. The molecule has 5 heteroatoms. The van der Waals surface area contributed by atoms with E-state index in [1.807, 2.05) is 7.05 Å². The molecule has 0 aliphatic rings. The number of pyridine rings is 1. The molecule has 0 spiro atoms. The van der Waals surface area contributed by atoms with Crippen molar-refractivity contribution in [3.05, 3.63) is 29.0 Å². The van der Waals surface area contributed by atoms with Crippen LogP contribution in [0.4, 0.5) is 0 Å². The first kappa shape index (κ1) is 12.9. The molecule has 1 aromatic rings. The van der Waals surface area contributed by atoms with E-state index in [2.05, 4.69) is 10.3 Å². The maximum absolute atomic E-state index is 11.9. The molecule has 0 saturated carbocycles. The van der Waals surface area contributed by atoms with Gasteiger partial charge in [-0.3, -0.25) is 4.79 Å². The molecule has 0 unspecified atom stereocenters. The first-order chi connectivity index (χ1) is 7.65. The van der Waals surface area contributed by atoms with Gasteiger partial charge in [0.2, 0.25) is 0 Å². The Morgan fingerprint density at radius 3 is 2.88 bits per heavy atom. The lowest BCUT2D eigenvalue weighted by Gasteiger charge is -2.16. The first-order valence-electron chi connectivity index (χ1n) is 5.16. The summed E-state index contributed by atoms with van der Waals surface area (Å²) in [4.78, 5) is 17.4. The molecule has 88 valence electrons. The molecule has 0 saturated heterocycles. The standard InChI is InChI=1S/C11H16ClN3O/c1-13-6-3-7-15(2)11(16)9-4-5-10(12)14-8-9/h4-5,8,13H,3,6-7H2,1-2H3. The zero-order chi connectivity index (χ0) is 12.0. The molecule has 4 nitrogen and oxygen atoms in total. The summed E-state index contributed by atoms with van der Waals surface area (Å²) in [5.41, 5.74) is 0.566. The monoisotopic (exact) mass is 241 g/mol. The number of hydrogen-bond acceptors (Lipinski definition) is 3. The molecule has 0 aliphatic heterocycles. The fraction of sp³-hybridized carbons (Fsp3) is 0.455. The summed E-state index contributed by atoms with van der Waals surface area (Å²) in [6.45, 7) is 1.62. The van der Waals surface area contributed by atoms with Crippen molar-refractivity contribution in [3.63, 3.8) is 0 Å². The Labute approximate surface area is 101 Å². The third-order valence-corrected chi connectivity index (χ3v) is 2.46. The quantitative estimate of drug-likeness (QED) is 0.627. The van der Waals surface area contributed by atoms with Gasteiger partial charge >= 0.3 is 0 Å². The molecular formula is C11H16ClN3O. The maximum Gasteiger partial charge on any atom is 0.255 e. The van der Waals surface area contributed by atoms with Crippen LogP contribution in [0.5, 0.6) is 0 Å².